The van der Waals surface area contributed by atoms with Crippen molar-refractivity contribution >= 4 is 28.1 Å². The normalized spacial score (nSPS) is 11.0. The fourth-order valence-corrected chi connectivity index (χ4v) is 2.81. The van der Waals surface area contributed by atoms with Gasteiger partial charge in [0, 0.05) is 15.7 Å². The van der Waals surface area contributed by atoms with Gasteiger partial charge in [0.05, 0.1) is 18.5 Å². The summed E-state index contributed by atoms with van der Waals surface area (Å²) in [4.78, 5) is 12.2. The van der Waals surface area contributed by atoms with Crippen molar-refractivity contribution in [1.29, 1.82) is 0 Å². The lowest BCUT2D eigenvalue weighted by Gasteiger charge is -2.06. The van der Waals surface area contributed by atoms with E-state index >= 15 is 0 Å². The summed E-state index contributed by atoms with van der Waals surface area (Å²) in [6, 6.07) is 17.2. The molecule has 0 aliphatic carbocycles. The third-order valence-electron chi connectivity index (χ3n) is 3.90. The van der Waals surface area contributed by atoms with Crippen LogP contribution in [0.2, 0.25) is 0 Å². The Labute approximate surface area is 160 Å². The third-order valence-corrected chi connectivity index (χ3v) is 4.43. The molecule has 0 radical (unpaired) electrons. The average Bonchev–Trinajstić information content (AvgIpc) is 2.94. The Morgan fingerprint density at radius 1 is 1.15 bits per heavy atom. The van der Waals surface area contributed by atoms with Gasteiger partial charge in [-0.25, -0.2) is 5.43 Å². The molecule has 3 aromatic rings. The van der Waals surface area contributed by atoms with E-state index < -0.39 is 0 Å². The maximum Gasteiger partial charge on any atom is 0.271 e. The number of aryl methyl sites for hydroxylation is 2. The average molecular weight is 411 g/mol. The van der Waals surface area contributed by atoms with Crippen molar-refractivity contribution in [2.75, 3.05) is 0 Å². The lowest BCUT2D eigenvalue weighted by Crippen LogP contribution is -2.17. The Hall–Kier alpha value is -2.73. The van der Waals surface area contributed by atoms with Crippen molar-refractivity contribution in [3.63, 3.8) is 0 Å². The summed E-state index contributed by atoms with van der Waals surface area (Å²) >= 11 is 3.38. The fraction of sp³-hybridized carbons (Fsp3) is 0.150. The predicted molar refractivity (Wildman–Crippen MR) is 106 cm³/mol. The molecule has 1 N–H and O–H groups in total. The number of nitrogens with one attached hydrogen (secondary N) is 1. The number of nitrogens with zero attached hydrogens (tertiary/aromatic N) is 3. The molecule has 0 bridgehead atoms. The molecule has 2 aromatic carbocycles. The van der Waals surface area contributed by atoms with Crippen LogP contribution in [-0.2, 0) is 6.54 Å². The minimum Gasteiger partial charge on any atom is -0.267 e. The van der Waals surface area contributed by atoms with Crippen molar-refractivity contribution in [2.45, 2.75) is 20.4 Å². The maximum absolute atomic E-state index is 12.2. The van der Waals surface area contributed by atoms with Gasteiger partial charge in [-0.2, -0.15) is 10.2 Å². The highest BCUT2D eigenvalue weighted by atomic mass is 79.9. The zero-order valence-electron chi connectivity index (χ0n) is 14.6. The van der Waals surface area contributed by atoms with E-state index in [9.17, 15) is 4.79 Å². The number of hydrogen-bond acceptors (Lipinski definition) is 3. The smallest absolute Gasteiger partial charge is 0.267 e. The van der Waals surface area contributed by atoms with Crippen molar-refractivity contribution < 1.29 is 4.79 Å². The van der Waals surface area contributed by atoms with Crippen LogP contribution in [0.4, 0.5) is 0 Å². The molecule has 26 heavy (non-hydrogen) atoms. The molecule has 0 aliphatic rings. The van der Waals surface area contributed by atoms with Crippen LogP contribution in [0, 0.1) is 13.8 Å². The molecular weight excluding hydrogens is 392 g/mol. The molecule has 6 heteroatoms. The lowest BCUT2D eigenvalue weighted by molar-refractivity contribution is 0.0955. The molecule has 0 saturated heterocycles. The number of halogens is 1. The minimum absolute atomic E-state index is 0.240. The number of carbonyl (C=O) groups is 1. The van der Waals surface area contributed by atoms with Gasteiger partial charge >= 0.3 is 0 Å². The number of aromatic nitrogens is 2. The Bertz CT molecular complexity index is 927. The van der Waals surface area contributed by atoms with Crippen LogP contribution >= 0.6 is 15.9 Å². The quantitative estimate of drug-likeness (QED) is 0.508. The van der Waals surface area contributed by atoms with Crippen LogP contribution in [0.1, 0.15) is 32.9 Å². The summed E-state index contributed by atoms with van der Waals surface area (Å²) in [5.74, 6) is -0.240. The summed E-state index contributed by atoms with van der Waals surface area (Å²) in [5, 5.41) is 8.45. The number of benzene rings is 2. The molecule has 0 unspecified atom stereocenters. The van der Waals surface area contributed by atoms with Crippen molar-refractivity contribution in [1.82, 2.24) is 15.2 Å². The fourth-order valence-electron chi connectivity index (χ4n) is 2.55. The predicted octanol–water partition coefficient (Wildman–Crippen LogP) is 4.07. The van der Waals surface area contributed by atoms with Crippen LogP contribution in [0.15, 0.2) is 64.2 Å². The number of carbonyl (C=O) groups excluding carboxylic acids is 1. The number of amides is 1. The molecule has 0 atom stereocenters. The zero-order chi connectivity index (χ0) is 18.5. The first-order valence-electron chi connectivity index (χ1n) is 8.20. The Morgan fingerprint density at radius 3 is 2.46 bits per heavy atom. The summed E-state index contributed by atoms with van der Waals surface area (Å²) in [6.45, 7) is 4.69. The molecule has 0 aliphatic heterocycles. The van der Waals surface area contributed by atoms with Gasteiger partial charge in [0.15, 0.2) is 0 Å². The highest BCUT2D eigenvalue weighted by Crippen LogP contribution is 2.10. The van der Waals surface area contributed by atoms with Crippen LogP contribution in [0.3, 0.4) is 0 Å². The second-order valence-electron chi connectivity index (χ2n) is 6.03. The van der Waals surface area contributed by atoms with Gasteiger partial charge in [0.1, 0.15) is 0 Å². The Kier molecular flexibility index (Phi) is 5.63. The number of rotatable bonds is 5. The van der Waals surface area contributed by atoms with E-state index in [-0.39, 0.29) is 5.91 Å². The Morgan fingerprint density at radius 2 is 1.85 bits per heavy atom. The lowest BCUT2D eigenvalue weighted by atomic mass is 10.1. The molecule has 1 aromatic heterocycles. The van der Waals surface area contributed by atoms with E-state index in [0.717, 1.165) is 27.0 Å². The van der Waals surface area contributed by atoms with E-state index in [1.807, 2.05) is 61.0 Å². The van der Waals surface area contributed by atoms with Crippen LogP contribution in [-0.4, -0.2) is 21.9 Å². The number of hydrogen-bond donors (Lipinski definition) is 1. The van der Waals surface area contributed by atoms with E-state index in [1.54, 1.807) is 18.3 Å². The topological polar surface area (TPSA) is 59.3 Å². The molecule has 0 spiro atoms. The van der Waals surface area contributed by atoms with Gasteiger partial charge in [-0.15, -0.1) is 0 Å². The minimum atomic E-state index is -0.240. The second-order valence-corrected chi connectivity index (χ2v) is 6.95. The first-order valence-corrected chi connectivity index (χ1v) is 8.99. The third kappa shape index (κ3) is 4.67. The van der Waals surface area contributed by atoms with Gasteiger partial charge in [0.2, 0.25) is 0 Å². The van der Waals surface area contributed by atoms with E-state index in [2.05, 4.69) is 31.6 Å². The van der Waals surface area contributed by atoms with Gasteiger partial charge in [-0.05, 0) is 55.3 Å². The number of hydrazone groups is 1. The summed E-state index contributed by atoms with van der Waals surface area (Å²) in [5.41, 5.74) is 7.23. The molecule has 1 heterocycles. The van der Waals surface area contributed by atoms with Crippen molar-refractivity contribution in [2.24, 2.45) is 5.10 Å². The molecule has 1 amide bonds. The van der Waals surface area contributed by atoms with Gasteiger partial charge in [-0.3, -0.25) is 9.48 Å². The SMILES string of the molecule is Cc1cc(C)n(Cc2ccc(C(=O)NN=Cc3ccc(Br)cc3)cc2)n1. The first-order chi connectivity index (χ1) is 12.5. The van der Waals surface area contributed by atoms with Gasteiger partial charge in [0.25, 0.3) is 5.91 Å². The second kappa shape index (κ2) is 8.10. The molecule has 0 saturated carbocycles. The van der Waals surface area contributed by atoms with E-state index in [1.165, 1.54) is 0 Å². The van der Waals surface area contributed by atoms with Crippen LogP contribution < -0.4 is 5.43 Å². The van der Waals surface area contributed by atoms with Gasteiger partial charge < -0.3 is 0 Å². The summed E-state index contributed by atoms with van der Waals surface area (Å²) in [6.07, 6.45) is 1.61. The molecule has 132 valence electrons. The van der Waals surface area contributed by atoms with Crippen molar-refractivity contribution in [3.05, 3.63) is 87.1 Å². The molecule has 5 nitrogen and oxygen atoms in total. The summed E-state index contributed by atoms with van der Waals surface area (Å²) in [7, 11) is 0. The molecular formula is C20H19BrN4O. The van der Waals surface area contributed by atoms with E-state index in [4.69, 9.17) is 0 Å². The maximum atomic E-state index is 12.2. The van der Waals surface area contributed by atoms with Crippen molar-refractivity contribution in [3.8, 4) is 0 Å². The van der Waals surface area contributed by atoms with Gasteiger partial charge in [-0.1, -0.05) is 40.2 Å². The summed E-state index contributed by atoms with van der Waals surface area (Å²) < 4.78 is 2.95. The molecule has 0 fully saturated rings. The highest BCUT2D eigenvalue weighted by Gasteiger charge is 2.06. The standard InChI is InChI=1S/C20H19BrN4O/c1-14-11-15(2)25(24-14)13-17-3-7-18(8-4-17)20(26)23-22-12-16-5-9-19(21)10-6-16/h3-12H,13H2,1-2H3,(H,23,26). The first kappa shape index (κ1) is 18.1. The monoisotopic (exact) mass is 410 g/mol. The van der Waals surface area contributed by atoms with Crippen LogP contribution in [0.25, 0.3) is 0 Å². The Balaban J connectivity index is 1.59. The largest absolute Gasteiger partial charge is 0.271 e. The van der Waals surface area contributed by atoms with E-state index in [0.29, 0.717) is 12.1 Å². The zero-order valence-corrected chi connectivity index (χ0v) is 16.2. The van der Waals surface area contributed by atoms with Crippen LogP contribution in [0.5, 0.6) is 0 Å². The highest BCUT2D eigenvalue weighted by molar-refractivity contribution is 9.10. The molecule has 3 rings (SSSR count).